The molecule has 5 heteroatoms. The second-order valence-corrected chi connectivity index (χ2v) is 5.50. The van der Waals surface area contributed by atoms with Crippen LogP contribution in [0.25, 0.3) is 0 Å². The quantitative estimate of drug-likeness (QED) is 0.778. The number of nitrogens with zero attached hydrogens (tertiary/aromatic N) is 1. The summed E-state index contributed by atoms with van der Waals surface area (Å²) in [4.78, 5) is 26.4. The number of hydrogen-bond acceptors (Lipinski definition) is 4. The average molecular weight is 268 g/mol. The van der Waals surface area contributed by atoms with Crippen LogP contribution in [0.3, 0.4) is 0 Å². The summed E-state index contributed by atoms with van der Waals surface area (Å²) in [6, 6.07) is -0.392. The van der Waals surface area contributed by atoms with E-state index < -0.39 is 11.6 Å². The summed E-state index contributed by atoms with van der Waals surface area (Å²) in [5.41, 5.74) is -0.455. The highest BCUT2D eigenvalue weighted by Gasteiger charge is 2.45. The van der Waals surface area contributed by atoms with Gasteiger partial charge in [-0.15, -0.1) is 0 Å². The van der Waals surface area contributed by atoms with E-state index in [2.05, 4.69) is 5.32 Å². The van der Waals surface area contributed by atoms with Gasteiger partial charge in [-0.05, 0) is 45.1 Å². The van der Waals surface area contributed by atoms with Gasteiger partial charge in [-0.2, -0.15) is 0 Å². The topological polar surface area (TPSA) is 58.6 Å². The molecule has 2 unspecified atom stereocenters. The molecule has 19 heavy (non-hydrogen) atoms. The number of carbonyl (C=O) groups excluding carboxylic acids is 2. The molecule has 2 saturated heterocycles. The Hall–Kier alpha value is -1.10. The van der Waals surface area contributed by atoms with Crippen molar-refractivity contribution in [3.8, 4) is 0 Å². The Kier molecular flexibility index (Phi) is 4.45. The van der Waals surface area contributed by atoms with E-state index in [-0.39, 0.29) is 11.9 Å². The predicted molar refractivity (Wildman–Crippen MR) is 71.6 cm³/mol. The van der Waals surface area contributed by atoms with Gasteiger partial charge < -0.3 is 15.0 Å². The van der Waals surface area contributed by atoms with Gasteiger partial charge in [-0.1, -0.05) is 6.92 Å². The van der Waals surface area contributed by atoms with Crippen molar-refractivity contribution in [2.45, 2.75) is 57.0 Å². The third-order valence-electron chi connectivity index (χ3n) is 4.49. The van der Waals surface area contributed by atoms with E-state index in [1.165, 1.54) is 7.11 Å². The molecule has 0 aromatic heterocycles. The molecule has 2 heterocycles. The van der Waals surface area contributed by atoms with E-state index in [0.717, 1.165) is 45.1 Å². The van der Waals surface area contributed by atoms with Crippen LogP contribution in [-0.2, 0) is 14.3 Å². The van der Waals surface area contributed by atoms with Gasteiger partial charge in [0.1, 0.15) is 6.04 Å². The van der Waals surface area contributed by atoms with E-state index in [4.69, 9.17) is 4.74 Å². The molecule has 0 aromatic carbocycles. The van der Waals surface area contributed by atoms with Crippen LogP contribution in [-0.4, -0.2) is 48.6 Å². The van der Waals surface area contributed by atoms with Gasteiger partial charge in [0.25, 0.3) is 0 Å². The minimum absolute atomic E-state index is 0.0857. The fourth-order valence-electron chi connectivity index (χ4n) is 3.27. The number of carbonyl (C=O) groups is 2. The summed E-state index contributed by atoms with van der Waals surface area (Å²) in [6.07, 6.45) is 5.34. The summed E-state index contributed by atoms with van der Waals surface area (Å²) < 4.78 is 4.85. The molecule has 108 valence electrons. The number of methoxy groups -OCH3 is 1. The van der Waals surface area contributed by atoms with E-state index in [0.29, 0.717) is 6.54 Å². The van der Waals surface area contributed by atoms with Crippen molar-refractivity contribution in [3.05, 3.63) is 0 Å². The minimum Gasteiger partial charge on any atom is -0.467 e. The van der Waals surface area contributed by atoms with Gasteiger partial charge in [0.15, 0.2) is 0 Å². The number of amides is 1. The molecule has 2 aliphatic rings. The van der Waals surface area contributed by atoms with E-state index >= 15 is 0 Å². The zero-order valence-electron chi connectivity index (χ0n) is 11.9. The lowest BCUT2D eigenvalue weighted by molar-refractivity contribution is -0.157. The molecule has 0 bridgehead atoms. The Morgan fingerprint density at radius 1 is 1.37 bits per heavy atom. The molecule has 5 nitrogen and oxygen atoms in total. The van der Waals surface area contributed by atoms with Crippen LogP contribution in [0.5, 0.6) is 0 Å². The highest BCUT2D eigenvalue weighted by molar-refractivity contribution is 5.91. The molecule has 0 aliphatic carbocycles. The Bertz CT molecular complexity index is 351. The molecule has 0 radical (unpaired) electrons. The van der Waals surface area contributed by atoms with Gasteiger partial charge in [-0.3, -0.25) is 4.79 Å². The van der Waals surface area contributed by atoms with Crippen LogP contribution < -0.4 is 5.32 Å². The first-order chi connectivity index (χ1) is 9.14. The van der Waals surface area contributed by atoms with Crippen molar-refractivity contribution in [3.63, 3.8) is 0 Å². The van der Waals surface area contributed by atoms with Crippen molar-refractivity contribution >= 4 is 11.9 Å². The Morgan fingerprint density at radius 3 is 2.74 bits per heavy atom. The number of ether oxygens (including phenoxy) is 1. The fraction of sp³-hybridized carbons (Fsp3) is 0.857. The summed E-state index contributed by atoms with van der Waals surface area (Å²) in [5, 5.41) is 3.35. The van der Waals surface area contributed by atoms with Gasteiger partial charge >= 0.3 is 5.97 Å². The molecular formula is C14H24N2O3. The third-order valence-corrected chi connectivity index (χ3v) is 4.49. The number of likely N-dealkylation sites (tertiary alicyclic amines) is 1. The van der Waals surface area contributed by atoms with Crippen molar-refractivity contribution in [2.75, 3.05) is 20.2 Å². The van der Waals surface area contributed by atoms with Crippen LogP contribution in [0.4, 0.5) is 0 Å². The molecule has 1 N–H and O–H groups in total. The van der Waals surface area contributed by atoms with Gasteiger partial charge in [0.05, 0.1) is 12.6 Å². The Morgan fingerprint density at radius 2 is 2.16 bits per heavy atom. The molecule has 2 fully saturated rings. The molecule has 2 atom stereocenters. The predicted octanol–water partition coefficient (Wildman–Crippen LogP) is 1.07. The smallest absolute Gasteiger partial charge is 0.328 e. The minimum atomic E-state index is -0.455. The van der Waals surface area contributed by atoms with E-state index in [9.17, 15) is 9.59 Å². The van der Waals surface area contributed by atoms with E-state index in [1.807, 2.05) is 6.92 Å². The summed E-state index contributed by atoms with van der Waals surface area (Å²) in [5.74, 6) is -0.195. The van der Waals surface area contributed by atoms with Gasteiger partial charge in [0.2, 0.25) is 5.91 Å². The fourth-order valence-corrected chi connectivity index (χ4v) is 3.27. The zero-order valence-corrected chi connectivity index (χ0v) is 11.9. The maximum absolute atomic E-state index is 12.8. The highest BCUT2D eigenvalue weighted by Crippen LogP contribution is 2.29. The molecular weight excluding hydrogens is 244 g/mol. The molecule has 0 aromatic rings. The third kappa shape index (κ3) is 2.61. The normalized spacial score (nSPS) is 31.3. The maximum atomic E-state index is 12.8. The molecule has 0 saturated carbocycles. The Labute approximate surface area is 114 Å². The second-order valence-electron chi connectivity index (χ2n) is 5.50. The summed E-state index contributed by atoms with van der Waals surface area (Å²) in [6.45, 7) is 3.59. The lowest BCUT2D eigenvalue weighted by atomic mass is 9.90. The van der Waals surface area contributed by atoms with Crippen LogP contribution in [0.2, 0.25) is 0 Å². The lowest BCUT2D eigenvalue weighted by Gasteiger charge is -2.39. The lowest BCUT2D eigenvalue weighted by Crippen LogP contribution is -2.59. The Balaban J connectivity index is 2.17. The number of piperidine rings is 1. The largest absolute Gasteiger partial charge is 0.467 e. The zero-order chi connectivity index (χ0) is 13.9. The first kappa shape index (κ1) is 14.3. The van der Waals surface area contributed by atoms with Crippen LogP contribution in [0.1, 0.15) is 45.4 Å². The first-order valence-electron chi connectivity index (χ1n) is 7.28. The molecule has 1 amide bonds. The number of hydrogen-bond donors (Lipinski definition) is 1. The summed E-state index contributed by atoms with van der Waals surface area (Å²) in [7, 11) is 1.39. The molecule has 2 aliphatic heterocycles. The van der Waals surface area contributed by atoms with Gasteiger partial charge in [0, 0.05) is 6.54 Å². The standard InChI is InChI=1S/C14H24N2O3/c1-3-14(8-6-9-15-14)13(18)16-10-5-4-7-11(16)12(17)19-2/h11,15H,3-10H2,1-2H3. The van der Waals surface area contributed by atoms with Crippen molar-refractivity contribution in [1.29, 1.82) is 0 Å². The first-order valence-corrected chi connectivity index (χ1v) is 7.28. The average Bonchev–Trinajstić information content (AvgIpc) is 2.95. The molecule has 2 rings (SSSR count). The van der Waals surface area contributed by atoms with Crippen LogP contribution in [0.15, 0.2) is 0 Å². The number of nitrogens with one attached hydrogen (secondary N) is 1. The summed E-state index contributed by atoms with van der Waals surface area (Å²) >= 11 is 0. The monoisotopic (exact) mass is 268 g/mol. The van der Waals surface area contributed by atoms with Crippen LogP contribution >= 0.6 is 0 Å². The van der Waals surface area contributed by atoms with Crippen molar-refractivity contribution < 1.29 is 14.3 Å². The van der Waals surface area contributed by atoms with Crippen molar-refractivity contribution in [2.24, 2.45) is 0 Å². The maximum Gasteiger partial charge on any atom is 0.328 e. The number of esters is 1. The SMILES string of the molecule is CCC1(C(=O)N2CCCCC2C(=O)OC)CCCN1. The van der Waals surface area contributed by atoms with Crippen LogP contribution in [0, 0.1) is 0 Å². The number of rotatable bonds is 3. The van der Waals surface area contributed by atoms with Gasteiger partial charge in [-0.25, -0.2) is 4.79 Å². The molecule has 0 spiro atoms. The second kappa shape index (κ2) is 5.90. The highest BCUT2D eigenvalue weighted by atomic mass is 16.5. The van der Waals surface area contributed by atoms with Crippen molar-refractivity contribution in [1.82, 2.24) is 10.2 Å². The van der Waals surface area contributed by atoms with E-state index in [1.54, 1.807) is 4.90 Å².